The highest BCUT2D eigenvalue weighted by molar-refractivity contribution is 7.13. The molecule has 0 amide bonds. The molecule has 3 rings (SSSR count). The summed E-state index contributed by atoms with van der Waals surface area (Å²) in [5.74, 6) is -0.191. The molecule has 0 fully saturated rings. The standard InChI is InChI=1S/C16H12N2O5S/c1-10-4-2-5-12(15(10)18(20)21)16(19)22-9-11-8-13(23-17-11)14-6-3-7-24-14/h2-8H,9H2,1H3. The number of nitro groups is 1. The average Bonchev–Trinajstić information content (AvgIpc) is 3.23. The summed E-state index contributed by atoms with van der Waals surface area (Å²) in [5, 5.41) is 16.9. The van der Waals surface area contributed by atoms with Crippen LogP contribution in [0.4, 0.5) is 5.69 Å². The number of aryl methyl sites for hydroxylation is 1. The molecule has 3 aromatic rings. The fraction of sp³-hybridized carbons (Fsp3) is 0.125. The van der Waals surface area contributed by atoms with Gasteiger partial charge in [0, 0.05) is 11.6 Å². The predicted octanol–water partition coefficient (Wildman–Crippen LogP) is 3.98. The van der Waals surface area contributed by atoms with Crippen LogP contribution in [0, 0.1) is 17.0 Å². The van der Waals surface area contributed by atoms with Crippen LogP contribution in [0.3, 0.4) is 0 Å². The molecule has 2 aromatic heterocycles. The van der Waals surface area contributed by atoms with Crippen LogP contribution in [0.5, 0.6) is 0 Å². The lowest BCUT2D eigenvalue weighted by Crippen LogP contribution is -2.09. The van der Waals surface area contributed by atoms with Gasteiger partial charge in [0.1, 0.15) is 17.9 Å². The van der Waals surface area contributed by atoms with Gasteiger partial charge in [-0.15, -0.1) is 11.3 Å². The summed E-state index contributed by atoms with van der Waals surface area (Å²) in [7, 11) is 0. The Balaban J connectivity index is 1.73. The number of carbonyl (C=O) groups excluding carboxylic acids is 1. The van der Waals surface area contributed by atoms with Gasteiger partial charge in [0.25, 0.3) is 5.69 Å². The van der Waals surface area contributed by atoms with E-state index >= 15 is 0 Å². The Morgan fingerprint density at radius 3 is 2.92 bits per heavy atom. The number of nitrogens with zero attached hydrogens (tertiary/aromatic N) is 2. The van der Waals surface area contributed by atoms with Crippen molar-refractivity contribution >= 4 is 23.0 Å². The van der Waals surface area contributed by atoms with E-state index in [4.69, 9.17) is 9.26 Å². The third-order valence-electron chi connectivity index (χ3n) is 3.31. The second-order valence-electron chi connectivity index (χ2n) is 4.96. The Kier molecular flexibility index (Phi) is 4.39. The van der Waals surface area contributed by atoms with E-state index in [1.807, 2.05) is 17.5 Å². The summed E-state index contributed by atoms with van der Waals surface area (Å²) in [5.41, 5.74) is 0.502. The first-order valence-electron chi connectivity index (χ1n) is 6.97. The van der Waals surface area contributed by atoms with Crippen molar-refractivity contribution < 1.29 is 19.0 Å². The van der Waals surface area contributed by atoms with Crippen molar-refractivity contribution in [3.63, 3.8) is 0 Å². The molecular weight excluding hydrogens is 332 g/mol. The Bertz CT molecular complexity index is 886. The lowest BCUT2D eigenvalue weighted by Gasteiger charge is -2.05. The number of aromatic nitrogens is 1. The molecule has 0 spiro atoms. The van der Waals surface area contributed by atoms with E-state index in [0.717, 1.165) is 4.88 Å². The van der Waals surface area contributed by atoms with Crippen molar-refractivity contribution in [2.45, 2.75) is 13.5 Å². The summed E-state index contributed by atoms with van der Waals surface area (Å²) in [6, 6.07) is 9.96. The minimum Gasteiger partial charge on any atom is -0.455 e. The number of rotatable bonds is 5. The smallest absolute Gasteiger partial charge is 0.345 e. The van der Waals surface area contributed by atoms with Gasteiger partial charge in [-0.2, -0.15) is 0 Å². The highest BCUT2D eigenvalue weighted by Gasteiger charge is 2.23. The highest BCUT2D eigenvalue weighted by Crippen LogP contribution is 2.26. The van der Waals surface area contributed by atoms with Crippen LogP contribution in [0.1, 0.15) is 21.6 Å². The zero-order valence-electron chi connectivity index (χ0n) is 12.6. The van der Waals surface area contributed by atoms with E-state index < -0.39 is 10.9 Å². The molecule has 1 aromatic carbocycles. The number of para-hydroxylation sites is 1. The van der Waals surface area contributed by atoms with Crippen LogP contribution in [-0.4, -0.2) is 16.0 Å². The van der Waals surface area contributed by atoms with Crippen molar-refractivity contribution in [3.8, 4) is 10.6 Å². The summed E-state index contributed by atoms with van der Waals surface area (Å²) in [4.78, 5) is 23.6. The van der Waals surface area contributed by atoms with E-state index in [-0.39, 0.29) is 17.9 Å². The fourth-order valence-electron chi connectivity index (χ4n) is 2.20. The van der Waals surface area contributed by atoms with E-state index in [1.165, 1.54) is 17.4 Å². The minimum absolute atomic E-state index is 0.0815. The monoisotopic (exact) mass is 344 g/mol. The second kappa shape index (κ2) is 6.63. The van der Waals surface area contributed by atoms with Gasteiger partial charge in [0.2, 0.25) is 0 Å². The highest BCUT2D eigenvalue weighted by atomic mass is 32.1. The number of benzene rings is 1. The van der Waals surface area contributed by atoms with Crippen molar-refractivity contribution in [3.05, 3.63) is 68.7 Å². The molecule has 24 heavy (non-hydrogen) atoms. The van der Waals surface area contributed by atoms with E-state index in [0.29, 0.717) is 17.0 Å². The SMILES string of the molecule is Cc1cccc(C(=O)OCc2cc(-c3cccs3)on2)c1[N+](=O)[O-]. The van der Waals surface area contributed by atoms with Gasteiger partial charge in [-0.25, -0.2) is 4.79 Å². The quantitative estimate of drug-likeness (QED) is 0.395. The Hall–Kier alpha value is -3.00. The van der Waals surface area contributed by atoms with E-state index in [1.54, 1.807) is 25.1 Å². The first-order chi connectivity index (χ1) is 11.6. The van der Waals surface area contributed by atoms with Gasteiger partial charge in [0.15, 0.2) is 5.76 Å². The minimum atomic E-state index is -0.772. The molecule has 0 N–H and O–H groups in total. The number of hydrogen-bond donors (Lipinski definition) is 0. The Morgan fingerprint density at radius 1 is 1.38 bits per heavy atom. The molecule has 0 aliphatic rings. The number of ether oxygens (including phenoxy) is 1. The van der Waals surface area contributed by atoms with E-state index in [2.05, 4.69) is 5.16 Å². The molecule has 0 aliphatic carbocycles. The van der Waals surface area contributed by atoms with Gasteiger partial charge in [0.05, 0.1) is 9.80 Å². The molecule has 0 atom stereocenters. The second-order valence-corrected chi connectivity index (χ2v) is 5.91. The molecule has 0 saturated carbocycles. The van der Waals surface area contributed by atoms with Gasteiger partial charge in [-0.3, -0.25) is 10.1 Å². The van der Waals surface area contributed by atoms with Crippen LogP contribution < -0.4 is 0 Å². The lowest BCUT2D eigenvalue weighted by molar-refractivity contribution is -0.385. The first-order valence-corrected chi connectivity index (χ1v) is 7.85. The first kappa shape index (κ1) is 15.9. The van der Waals surface area contributed by atoms with Gasteiger partial charge in [-0.1, -0.05) is 23.4 Å². The third-order valence-corrected chi connectivity index (χ3v) is 4.20. The Morgan fingerprint density at radius 2 is 2.21 bits per heavy atom. The Labute approximate surface area is 140 Å². The third kappa shape index (κ3) is 3.18. The lowest BCUT2D eigenvalue weighted by atomic mass is 10.1. The van der Waals surface area contributed by atoms with Crippen molar-refractivity contribution in [2.24, 2.45) is 0 Å². The van der Waals surface area contributed by atoms with Crippen LogP contribution in [0.25, 0.3) is 10.6 Å². The molecule has 2 heterocycles. The van der Waals surface area contributed by atoms with Crippen LogP contribution in [-0.2, 0) is 11.3 Å². The molecule has 7 nitrogen and oxygen atoms in total. The van der Waals surface area contributed by atoms with Gasteiger partial charge < -0.3 is 9.26 Å². The maximum absolute atomic E-state index is 12.1. The summed E-state index contributed by atoms with van der Waals surface area (Å²) >= 11 is 1.50. The van der Waals surface area contributed by atoms with Crippen LogP contribution in [0.2, 0.25) is 0 Å². The molecule has 8 heteroatoms. The maximum atomic E-state index is 12.1. The fourth-order valence-corrected chi connectivity index (χ4v) is 2.87. The zero-order chi connectivity index (χ0) is 17.1. The summed E-state index contributed by atoms with van der Waals surface area (Å²) < 4.78 is 10.3. The predicted molar refractivity (Wildman–Crippen MR) is 86.8 cm³/mol. The number of carbonyl (C=O) groups is 1. The molecule has 122 valence electrons. The molecule has 0 unspecified atom stereocenters. The number of esters is 1. The van der Waals surface area contributed by atoms with Crippen molar-refractivity contribution in [1.29, 1.82) is 0 Å². The zero-order valence-corrected chi connectivity index (χ0v) is 13.4. The maximum Gasteiger partial charge on any atom is 0.345 e. The van der Waals surface area contributed by atoms with Crippen molar-refractivity contribution in [1.82, 2.24) is 5.16 Å². The molecule has 0 bridgehead atoms. The number of thiophene rings is 1. The topological polar surface area (TPSA) is 95.5 Å². The van der Waals surface area contributed by atoms with Crippen molar-refractivity contribution in [2.75, 3.05) is 0 Å². The largest absolute Gasteiger partial charge is 0.455 e. The molecule has 0 aliphatic heterocycles. The molecule has 0 radical (unpaired) electrons. The number of nitro benzene ring substituents is 1. The van der Waals surface area contributed by atoms with Crippen LogP contribution in [0.15, 0.2) is 46.3 Å². The van der Waals surface area contributed by atoms with Crippen LogP contribution >= 0.6 is 11.3 Å². The van der Waals surface area contributed by atoms with Gasteiger partial charge in [-0.05, 0) is 24.4 Å². The number of hydrogen-bond acceptors (Lipinski definition) is 7. The van der Waals surface area contributed by atoms with Gasteiger partial charge >= 0.3 is 5.97 Å². The summed E-state index contributed by atoms with van der Waals surface area (Å²) in [6.45, 7) is 1.44. The van der Waals surface area contributed by atoms with E-state index in [9.17, 15) is 14.9 Å². The molecular formula is C16H12N2O5S. The normalized spacial score (nSPS) is 10.5. The average molecular weight is 344 g/mol. The molecule has 0 saturated heterocycles. The summed E-state index contributed by atoms with van der Waals surface area (Å²) in [6.07, 6.45) is 0.